The lowest BCUT2D eigenvalue weighted by Gasteiger charge is -2.21. The third-order valence-electron chi connectivity index (χ3n) is 3.64. The van der Waals surface area contributed by atoms with Gasteiger partial charge in [0.1, 0.15) is 5.76 Å². The van der Waals surface area contributed by atoms with Gasteiger partial charge in [-0.1, -0.05) is 11.6 Å². The molecule has 1 aliphatic carbocycles. The number of amides is 1. The summed E-state index contributed by atoms with van der Waals surface area (Å²) in [4.78, 5) is 23.9. The van der Waals surface area contributed by atoms with Crippen molar-refractivity contribution in [3.05, 3.63) is 70.8 Å². The average molecular weight is 331 g/mol. The Labute approximate surface area is 138 Å². The number of benzene rings is 1. The number of hydrazine groups is 1. The first-order valence-electron chi connectivity index (χ1n) is 7.20. The summed E-state index contributed by atoms with van der Waals surface area (Å²) in [5.74, 6) is 0.461. The molecule has 0 spiro atoms. The van der Waals surface area contributed by atoms with Crippen molar-refractivity contribution >= 4 is 23.3 Å². The molecule has 23 heavy (non-hydrogen) atoms. The summed E-state index contributed by atoms with van der Waals surface area (Å²) in [6, 6.07) is 10.2. The molecule has 0 saturated heterocycles. The van der Waals surface area contributed by atoms with E-state index in [0.29, 0.717) is 29.1 Å². The fourth-order valence-corrected chi connectivity index (χ4v) is 2.64. The Balaban J connectivity index is 1.62. The van der Waals surface area contributed by atoms with Crippen molar-refractivity contribution < 1.29 is 14.0 Å². The van der Waals surface area contributed by atoms with E-state index < -0.39 is 0 Å². The molecule has 1 aromatic heterocycles. The SMILES string of the molecule is O=C1C=C(NNC(=O)c2ccc(Cl)cc2)CC(c2ccco2)C1. The lowest BCUT2D eigenvalue weighted by molar-refractivity contribution is -0.115. The van der Waals surface area contributed by atoms with Crippen LogP contribution in [0.2, 0.25) is 5.02 Å². The lowest BCUT2D eigenvalue weighted by Crippen LogP contribution is -2.38. The maximum Gasteiger partial charge on any atom is 0.269 e. The summed E-state index contributed by atoms with van der Waals surface area (Å²) < 4.78 is 5.37. The molecule has 3 rings (SSSR count). The molecule has 118 valence electrons. The Bertz CT molecular complexity index is 736. The molecule has 0 saturated carbocycles. The number of ketones is 1. The van der Waals surface area contributed by atoms with Gasteiger partial charge in [0.2, 0.25) is 0 Å². The van der Waals surface area contributed by atoms with E-state index in [-0.39, 0.29) is 17.6 Å². The van der Waals surface area contributed by atoms with E-state index in [4.69, 9.17) is 16.0 Å². The van der Waals surface area contributed by atoms with Crippen LogP contribution in [0.25, 0.3) is 0 Å². The number of hydrogen-bond acceptors (Lipinski definition) is 4. The van der Waals surface area contributed by atoms with Crippen LogP contribution in [0, 0.1) is 0 Å². The number of carbonyl (C=O) groups excluding carboxylic acids is 2. The van der Waals surface area contributed by atoms with Crippen LogP contribution in [0.3, 0.4) is 0 Å². The Hall–Kier alpha value is -2.53. The van der Waals surface area contributed by atoms with Crippen molar-refractivity contribution in [1.29, 1.82) is 0 Å². The van der Waals surface area contributed by atoms with Crippen LogP contribution >= 0.6 is 11.6 Å². The standard InChI is InChI=1S/C17H15ClN2O3/c18-13-5-3-11(4-6-13)17(22)20-19-14-8-12(9-15(21)10-14)16-2-1-7-23-16/h1-7,10,12,19H,8-9H2,(H,20,22). The van der Waals surface area contributed by atoms with Crippen molar-refractivity contribution in [3.63, 3.8) is 0 Å². The van der Waals surface area contributed by atoms with Gasteiger partial charge in [-0.15, -0.1) is 0 Å². The molecule has 2 N–H and O–H groups in total. The molecule has 2 aromatic rings. The zero-order valence-electron chi connectivity index (χ0n) is 12.2. The maximum absolute atomic E-state index is 12.0. The largest absolute Gasteiger partial charge is 0.469 e. The molecule has 1 unspecified atom stereocenters. The van der Waals surface area contributed by atoms with Crippen LogP contribution in [0.5, 0.6) is 0 Å². The third-order valence-corrected chi connectivity index (χ3v) is 3.89. The van der Waals surface area contributed by atoms with Crippen molar-refractivity contribution in [2.45, 2.75) is 18.8 Å². The summed E-state index contributed by atoms with van der Waals surface area (Å²) >= 11 is 5.79. The summed E-state index contributed by atoms with van der Waals surface area (Å²) in [5, 5.41) is 0.566. The minimum Gasteiger partial charge on any atom is -0.469 e. The van der Waals surface area contributed by atoms with Gasteiger partial charge in [0.15, 0.2) is 5.78 Å². The van der Waals surface area contributed by atoms with Crippen molar-refractivity contribution in [3.8, 4) is 0 Å². The highest BCUT2D eigenvalue weighted by Gasteiger charge is 2.24. The number of rotatable bonds is 4. The summed E-state index contributed by atoms with van der Waals surface area (Å²) in [6.45, 7) is 0. The number of nitrogens with one attached hydrogen (secondary N) is 2. The fraction of sp³-hybridized carbons (Fsp3) is 0.176. The van der Waals surface area contributed by atoms with E-state index in [2.05, 4.69) is 10.9 Å². The minimum atomic E-state index is -0.296. The molecule has 1 amide bonds. The molecule has 1 heterocycles. The zero-order chi connectivity index (χ0) is 16.2. The molecule has 0 bridgehead atoms. The van der Waals surface area contributed by atoms with E-state index in [9.17, 15) is 9.59 Å². The predicted octanol–water partition coefficient (Wildman–Crippen LogP) is 3.20. The van der Waals surface area contributed by atoms with Gasteiger partial charge >= 0.3 is 0 Å². The second kappa shape index (κ2) is 6.71. The molecule has 6 heteroatoms. The summed E-state index contributed by atoms with van der Waals surface area (Å²) in [5.41, 5.74) is 6.55. The second-order valence-corrected chi connectivity index (χ2v) is 5.78. The van der Waals surface area contributed by atoms with Gasteiger partial charge in [-0.3, -0.25) is 15.0 Å². The van der Waals surface area contributed by atoms with Gasteiger partial charge in [-0.25, -0.2) is 0 Å². The third kappa shape index (κ3) is 3.81. The molecule has 0 fully saturated rings. The number of carbonyl (C=O) groups is 2. The highest BCUT2D eigenvalue weighted by atomic mass is 35.5. The molecular weight excluding hydrogens is 316 g/mol. The van der Waals surface area contributed by atoms with E-state index in [1.807, 2.05) is 6.07 Å². The van der Waals surface area contributed by atoms with Crippen LogP contribution in [-0.2, 0) is 4.79 Å². The molecule has 1 aliphatic rings. The number of hydrogen-bond donors (Lipinski definition) is 2. The van der Waals surface area contributed by atoms with E-state index in [0.717, 1.165) is 5.76 Å². The van der Waals surface area contributed by atoms with Crippen molar-refractivity contribution in [1.82, 2.24) is 10.9 Å². The molecule has 1 atom stereocenters. The topological polar surface area (TPSA) is 71.3 Å². The molecular formula is C17H15ClN2O3. The number of halogens is 1. The van der Waals surface area contributed by atoms with Gasteiger partial charge in [0.05, 0.1) is 6.26 Å². The highest BCUT2D eigenvalue weighted by Crippen LogP contribution is 2.30. The average Bonchev–Trinajstić information content (AvgIpc) is 3.07. The summed E-state index contributed by atoms with van der Waals surface area (Å²) in [7, 11) is 0. The van der Waals surface area contributed by atoms with Gasteiger partial charge in [0.25, 0.3) is 5.91 Å². The van der Waals surface area contributed by atoms with E-state index in [1.54, 1.807) is 36.6 Å². The predicted molar refractivity (Wildman–Crippen MR) is 85.8 cm³/mol. The van der Waals surface area contributed by atoms with E-state index in [1.165, 1.54) is 6.08 Å². The minimum absolute atomic E-state index is 0.000826. The number of furan rings is 1. The first kappa shape index (κ1) is 15.4. The second-order valence-electron chi connectivity index (χ2n) is 5.34. The van der Waals surface area contributed by atoms with Gasteiger partial charge in [-0.2, -0.15) is 0 Å². The Morgan fingerprint density at radius 1 is 1.17 bits per heavy atom. The maximum atomic E-state index is 12.0. The van der Waals surface area contributed by atoms with Gasteiger partial charge in [-0.05, 0) is 42.8 Å². The number of allylic oxidation sites excluding steroid dienone is 2. The Kier molecular flexibility index (Phi) is 4.48. The van der Waals surface area contributed by atoms with Crippen LogP contribution < -0.4 is 10.9 Å². The molecule has 0 aliphatic heterocycles. The fourth-order valence-electron chi connectivity index (χ4n) is 2.52. The van der Waals surface area contributed by atoms with Crippen molar-refractivity contribution in [2.24, 2.45) is 0 Å². The highest BCUT2D eigenvalue weighted by molar-refractivity contribution is 6.30. The normalized spacial score (nSPS) is 17.5. The molecule has 0 radical (unpaired) electrons. The molecule has 5 nitrogen and oxygen atoms in total. The summed E-state index contributed by atoms with van der Waals surface area (Å²) in [6.07, 6.45) is 4.11. The van der Waals surface area contributed by atoms with Crippen LogP contribution in [0.4, 0.5) is 0 Å². The monoisotopic (exact) mass is 330 g/mol. The Morgan fingerprint density at radius 3 is 2.65 bits per heavy atom. The van der Waals surface area contributed by atoms with Crippen LogP contribution in [0.1, 0.15) is 34.9 Å². The molecule has 1 aromatic carbocycles. The lowest BCUT2D eigenvalue weighted by atomic mass is 9.89. The van der Waals surface area contributed by atoms with Gasteiger partial charge in [0, 0.05) is 34.7 Å². The zero-order valence-corrected chi connectivity index (χ0v) is 13.0. The first-order valence-corrected chi connectivity index (χ1v) is 7.58. The Morgan fingerprint density at radius 2 is 1.96 bits per heavy atom. The van der Waals surface area contributed by atoms with Crippen LogP contribution in [-0.4, -0.2) is 11.7 Å². The quantitative estimate of drug-likeness (QED) is 0.844. The van der Waals surface area contributed by atoms with Gasteiger partial charge < -0.3 is 9.84 Å². The van der Waals surface area contributed by atoms with Crippen LogP contribution in [0.15, 0.2) is 58.9 Å². The van der Waals surface area contributed by atoms with E-state index >= 15 is 0 Å². The smallest absolute Gasteiger partial charge is 0.269 e. The first-order chi connectivity index (χ1) is 11.1. The van der Waals surface area contributed by atoms with Crippen molar-refractivity contribution in [2.75, 3.05) is 0 Å².